The number of carbonyl (C=O) groups is 1. The Morgan fingerprint density at radius 3 is 3.07 bits per heavy atom. The number of hydrogen-bond acceptors (Lipinski definition) is 2. The van der Waals surface area contributed by atoms with Crippen LogP contribution in [0.25, 0.3) is 0 Å². The monoisotopic (exact) mass is 272 g/mol. The summed E-state index contributed by atoms with van der Waals surface area (Å²) >= 11 is 3.42. The van der Waals surface area contributed by atoms with Gasteiger partial charge in [-0.3, -0.25) is 4.79 Å². The lowest BCUT2D eigenvalue weighted by Gasteiger charge is -2.25. The number of aromatic amines is 1. The van der Waals surface area contributed by atoms with Crippen LogP contribution in [0.2, 0.25) is 0 Å². The topological polar surface area (TPSA) is 79.1 Å². The van der Waals surface area contributed by atoms with Crippen molar-refractivity contribution in [3.63, 3.8) is 0 Å². The zero-order valence-electron chi connectivity index (χ0n) is 8.22. The fraction of sp³-hybridized carbons (Fsp3) is 0.500. The van der Waals surface area contributed by atoms with Crippen LogP contribution in [0.1, 0.15) is 24.0 Å². The molecule has 15 heavy (non-hydrogen) atoms. The van der Waals surface area contributed by atoms with Crippen LogP contribution >= 0.6 is 15.9 Å². The molecule has 0 saturated carbocycles. The molecular weight excluding hydrogens is 260 g/mol. The van der Waals surface area contributed by atoms with E-state index in [0.29, 0.717) is 6.54 Å². The number of halogens is 1. The van der Waals surface area contributed by atoms with E-state index < -0.39 is 5.97 Å². The number of carboxylic acids is 1. The molecule has 0 radical (unpaired) electrons. The average molecular weight is 273 g/mol. The zero-order valence-corrected chi connectivity index (χ0v) is 9.80. The minimum Gasteiger partial charge on any atom is -0.481 e. The Bertz CT molecular complexity index is 402. The van der Waals surface area contributed by atoms with Crippen LogP contribution in [0.4, 0.5) is 0 Å². The van der Waals surface area contributed by atoms with Crippen molar-refractivity contribution in [3.8, 4) is 0 Å². The molecule has 0 spiro atoms. The minimum absolute atomic E-state index is 0.112. The summed E-state index contributed by atoms with van der Waals surface area (Å²) in [5.41, 5.74) is 7.63. The van der Waals surface area contributed by atoms with E-state index in [-0.39, 0.29) is 11.8 Å². The molecule has 1 atom stereocenters. The molecule has 1 aromatic rings. The normalized spacial score (nSPS) is 24.1. The molecule has 0 aromatic carbocycles. The molecule has 0 fully saturated rings. The van der Waals surface area contributed by atoms with Crippen molar-refractivity contribution in [2.45, 2.75) is 24.7 Å². The van der Waals surface area contributed by atoms with Gasteiger partial charge in [0.05, 0.1) is 11.0 Å². The second-order valence-corrected chi connectivity index (χ2v) is 4.84. The highest BCUT2D eigenvalue weighted by molar-refractivity contribution is 9.10. The molecule has 0 amide bonds. The minimum atomic E-state index is -0.786. The van der Waals surface area contributed by atoms with E-state index >= 15 is 0 Å². The van der Waals surface area contributed by atoms with E-state index in [0.717, 1.165) is 23.0 Å². The maximum Gasteiger partial charge on any atom is 0.304 e. The van der Waals surface area contributed by atoms with Crippen molar-refractivity contribution < 1.29 is 9.90 Å². The molecule has 5 heteroatoms. The van der Waals surface area contributed by atoms with Crippen LogP contribution < -0.4 is 5.73 Å². The van der Waals surface area contributed by atoms with Crippen LogP contribution in [0.3, 0.4) is 0 Å². The molecule has 1 unspecified atom stereocenters. The number of nitrogens with two attached hydrogens (primary N) is 1. The smallest absolute Gasteiger partial charge is 0.304 e. The number of aliphatic carboxylic acids is 1. The van der Waals surface area contributed by atoms with Gasteiger partial charge in [-0.2, -0.15) is 0 Å². The van der Waals surface area contributed by atoms with Crippen molar-refractivity contribution in [3.05, 3.63) is 21.9 Å². The second kappa shape index (κ2) is 3.64. The van der Waals surface area contributed by atoms with Crippen LogP contribution in [-0.4, -0.2) is 22.6 Å². The van der Waals surface area contributed by atoms with Gasteiger partial charge in [-0.1, -0.05) is 0 Å². The third-order valence-corrected chi connectivity index (χ3v) is 3.95. The maximum atomic E-state index is 10.9. The number of aromatic nitrogens is 1. The first-order valence-electron chi connectivity index (χ1n) is 4.87. The molecule has 1 aliphatic rings. The third kappa shape index (κ3) is 1.59. The van der Waals surface area contributed by atoms with E-state index in [9.17, 15) is 4.79 Å². The lowest BCUT2D eigenvalue weighted by Crippen LogP contribution is -2.35. The Labute approximate surface area is 96.0 Å². The Hall–Kier alpha value is -0.810. The molecule has 0 aliphatic heterocycles. The molecule has 82 valence electrons. The SMILES string of the molecule is NCC1(CC(=O)O)CCc2c1c[nH]c2Br. The van der Waals surface area contributed by atoms with Gasteiger partial charge in [-0.15, -0.1) is 0 Å². The van der Waals surface area contributed by atoms with Gasteiger partial charge in [0.25, 0.3) is 0 Å². The maximum absolute atomic E-state index is 10.9. The fourth-order valence-electron chi connectivity index (χ4n) is 2.40. The van der Waals surface area contributed by atoms with Crippen molar-refractivity contribution in [1.82, 2.24) is 4.98 Å². The summed E-state index contributed by atoms with van der Waals surface area (Å²) in [5.74, 6) is -0.786. The summed E-state index contributed by atoms with van der Waals surface area (Å²) in [5, 5.41) is 8.93. The van der Waals surface area contributed by atoms with Gasteiger partial charge in [-0.25, -0.2) is 0 Å². The summed E-state index contributed by atoms with van der Waals surface area (Å²) in [6.07, 6.45) is 3.71. The van der Waals surface area contributed by atoms with E-state index in [4.69, 9.17) is 10.8 Å². The van der Waals surface area contributed by atoms with Gasteiger partial charge in [0.15, 0.2) is 0 Å². The molecule has 1 heterocycles. The number of nitrogens with one attached hydrogen (secondary N) is 1. The summed E-state index contributed by atoms with van der Waals surface area (Å²) in [6.45, 7) is 0.386. The molecule has 1 aromatic heterocycles. The lowest BCUT2D eigenvalue weighted by atomic mass is 9.80. The molecule has 0 bridgehead atoms. The van der Waals surface area contributed by atoms with Crippen molar-refractivity contribution in [2.75, 3.05) is 6.54 Å². The molecule has 2 rings (SSSR count). The molecule has 1 aliphatic carbocycles. The van der Waals surface area contributed by atoms with Gasteiger partial charge >= 0.3 is 5.97 Å². The standard InChI is InChI=1S/C10H13BrN2O2/c11-9-6-1-2-10(5-12,3-8(14)15)7(6)4-13-9/h4,13H,1-3,5,12H2,(H,14,15). The first-order valence-corrected chi connectivity index (χ1v) is 5.66. The summed E-state index contributed by atoms with van der Waals surface area (Å²) in [4.78, 5) is 13.9. The number of carboxylic acid groups (broad SMARTS) is 1. The van der Waals surface area contributed by atoms with Gasteiger partial charge in [0, 0.05) is 18.2 Å². The predicted octanol–water partition coefficient (Wildman–Crippen LogP) is 1.39. The van der Waals surface area contributed by atoms with E-state index in [1.165, 1.54) is 5.56 Å². The zero-order chi connectivity index (χ0) is 11.1. The quantitative estimate of drug-likeness (QED) is 0.778. The summed E-state index contributed by atoms with van der Waals surface area (Å²) < 4.78 is 0.957. The second-order valence-electron chi connectivity index (χ2n) is 4.05. The third-order valence-electron chi connectivity index (χ3n) is 3.24. The number of fused-ring (bicyclic) bond motifs is 1. The van der Waals surface area contributed by atoms with Crippen LogP contribution in [0.5, 0.6) is 0 Å². The predicted molar refractivity (Wildman–Crippen MR) is 59.8 cm³/mol. The molecular formula is C10H13BrN2O2. The number of hydrogen-bond donors (Lipinski definition) is 3. The first kappa shape index (κ1) is 10.7. The van der Waals surface area contributed by atoms with Crippen LogP contribution in [-0.2, 0) is 16.6 Å². The number of rotatable bonds is 3. The van der Waals surface area contributed by atoms with E-state index in [1.54, 1.807) is 0 Å². The fourth-order valence-corrected chi connectivity index (χ4v) is 2.93. The molecule has 0 saturated heterocycles. The average Bonchev–Trinajstić information content (AvgIpc) is 2.70. The first-order chi connectivity index (χ1) is 7.09. The highest BCUT2D eigenvalue weighted by atomic mass is 79.9. The highest BCUT2D eigenvalue weighted by Gasteiger charge is 2.41. The summed E-state index contributed by atoms with van der Waals surface area (Å²) in [6, 6.07) is 0. The highest BCUT2D eigenvalue weighted by Crippen LogP contribution is 2.43. The van der Waals surface area contributed by atoms with Crippen molar-refractivity contribution in [1.29, 1.82) is 0 Å². The Morgan fingerprint density at radius 2 is 2.47 bits per heavy atom. The van der Waals surface area contributed by atoms with Crippen LogP contribution in [0.15, 0.2) is 10.8 Å². The van der Waals surface area contributed by atoms with Crippen molar-refractivity contribution >= 4 is 21.9 Å². The van der Waals surface area contributed by atoms with E-state index in [1.807, 2.05) is 6.20 Å². The van der Waals surface area contributed by atoms with Gasteiger partial charge in [0.2, 0.25) is 0 Å². The summed E-state index contributed by atoms with van der Waals surface area (Å²) in [7, 11) is 0. The Balaban J connectivity index is 2.40. The van der Waals surface area contributed by atoms with E-state index in [2.05, 4.69) is 20.9 Å². The van der Waals surface area contributed by atoms with Gasteiger partial charge in [-0.05, 0) is 39.9 Å². The Morgan fingerprint density at radius 1 is 1.73 bits per heavy atom. The molecule has 4 N–H and O–H groups in total. The van der Waals surface area contributed by atoms with Crippen LogP contribution in [0, 0.1) is 0 Å². The Kier molecular flexibility index (Phi) is 2.60. The van der Waals surface area contributed by atoms with Gasteiger partial charge < -0.3 is 15.8 Å². The molecule has 4 nitrogen and oxygen atoms in total. The number of H-pyrrole nitrogens is 1. The largest absolute Gasteiger partial charge is 0.481 e. The lowest BCUT2D eigenvalue weighted by molar-refractivity contribution is -0.138. The van der Waals surface area contributed by atoms with Gasteiger partial charge in [0.1, 0.15) is 0 Å². The van der Waals surface area contributed by atoms with Crippen molar-refractivity contribution in [2.24, 2.45) is 5.73 Å².